The lowest BCUT2D eigenvalue weighted by molar-refractivity contribution is -0.150. The molecular formula is C52H56N2O8S4. The fraction of sp³-hybridized carbons (Fsp3) is 0.385. The van der Waals surface area contributed by atoms with Crippen LogP contribution >= 0.6 is 48.8 Å². The van der Waals surface area contributed by atoms with Gasteiger partial charge in [-0.25, -0.2) is 0 Å². The summed E-state index contributed by atoms with van der Waals surface area (Å²) < 4.78 is 37.8. The topological polar surface area (TPSA) is 114 Å². The Morgan fingerprint density at radius 2 is 1.05 bits per heavy atom. The SMILES string of the molecule is O=C(Nc1ccc2ccc3cccc4ccc1c2c34)C1OCCOCCOC(CSCCS)C(C(=O)NC2CC=c3ccc4cccc5ccc2c3c54)OCCOCCOC1CSCCS. The Morgan fingerprint density at radius 1 is 0.545 bits per heavy atom. The molecule has 0 saturated carbocycles. The van der Waals surface area contributed by atoms with Crippen LogP contribution in [0.5, 0.6) is 0 Å². The molecule has 2 amide bonds. The van der Waals surface area contributed by atoms with Gasteiger partial charge in [-0.15, -0.1) is 0 Å². The minimum atomic E-state index is -0.941. The normalized spacial score (nSPS) is 21.8. The zero-order valence-corrected chi connectivity index (χ0v) is 40.2. The summed E-state index contributed by atoms with van der Waals surface area (Å²) in [6, 6.07) is 33.5. The second kappa shape index (κ2) is 23.0. The van der Waals surface area contributed by atoms with Crippen molar-refractivity contribution in [2.45, 2.75) is 36.9 Å². The van der Waals surface area contributed by atoms with E-state index in [0.717, 1.165) is 44.0 Å². The van der Waals surface area contributed by atoms with Crippen molar-refractivity contribution >= 4 is 126 Å². The summed E-state index contributed by atoms with van der Waals surface area (Å²) in [5, 5.41) is 19.2. The summed E-state index contributed by atoms with van der Waals surface area (Å²) in [7, 11) is 0. The first kappa shape index (κ1) is 47.3. The first-order valence-electron chi connectivity index (χ1n) is 22.7. The van der Waals surface area contributed by atoms with E-state index in [2.05, 4.69) is 133 Å². The molecular weight excluding hydrogens is 909 g/mol. The predicted octanol–water partition coefficient (Wildman–Crippen LogP) is 8.50. The average Bonchev–Trinajstić information content (AvgIpc) is 3.34. The van der Waals surface area contributed by atoms with Gasteiger partial charge in [-0.3, -0.25) is 9.59 Å². The van der Waals surface area contributed by atoms with E-state index in [0.29, 0.717) is 35.1 Å². The van der Waals surface area contributed by atoms with Crippen molar-refractivity contribution < 1.29 is 38.0 Å². The summed E-state index contributed by atoms with van der Waals surface area (Å²) in [5.74, 6) is 3.45. The van der Waals surface area contributed by atoms with Gasteiger partial charge in [0, 0.05) is 34.1 Å². The summed E-state index contributed by atoms with van der Waals surface area (Å²) in [6.07, 6.45) is -0.134. The van der Waals surface area contributed by atoms with Gasteiger partial charge in [0.05, 0.1) is 58.9 Å². The van der Waals surface area contributed by atoms with Crippen LogP contribution in [0.25, 0.3) is 59.9 Å². The molecule has 0 bridgehead atoms. The van der Waals surface area contributed by atoms with Crippen molar-refractivity contribution in [3.8, 4) is 0 Å². The number of thiol groups is 2. The highest BCUT2D eigenvalue weighted by molar-refractivity contribution is 8.00. The van der Waals surface area contributed by atoms with Crippen LogP contribution in [0.1, 0.15) is 18.0 Å². The van der Waals surface area contributed by atoms with Crippen LogP contribution < -0.4 is 15.9 Å². The monoisotopic (exact) mass is 964 g/mol. The molecule has 1 aliphatic carbocycles. The third-order valence-electron chi connectivity index (χ3n) is 12.3. The van der Waals surface area contributed by atoms with Crippen molar-refractivity contribution in [3.63, 3.8) is 0 Å². The van der Waals surface area contributed by atoms with E-state index >= 15 is 0 Å². The molecule has 14 heteroatoms. The van der Waals surface area contributed by atoms with Crippen molar-refractivity contribution in [1.82, 2.24) is 5.32 Å². The molecule has 0 aromatic heterocycles. The molecule has 10 nitrogen and oxygen atoms in total. The lowest BCUT2D eigenvalue weighted by atomic mass is 9.87. The molecule has 1 aliphatic heterocycles. The van der Waals surface area contributed by atoms with Gasteiger partial charge in [-0.05, 0) is 83.3 Å². The Hall–Kier alpha value is -3.80. The first-order valence-corrected chi connectivity index (χ1v) is 26.3. The molecule has 346 valence electrons. The zero-order valence-electron chi connectivity index (χ0n) is 36.8. The summed E-state index contributed by atoms with van der Waals surface area (Å²) >= 11 is 12.2. The standard InChI is InChI=1S/C52H56N2O8S4/c55-51(53-41-17-13-37-9-7-33-3-1-5-35-11-15-39(41)47(37)45(33)35)49-43(31-65-29-27-63)59-23-19-58-22-26-62-50(44(32-66-30-28-64)60-24-20-57-21-25-61-49)52(56)54-42-18-14-38-10-8-34-4-2-6-36-12-16-40(42)48(38)46(34)36/h1-17,42-44,49-50,63-64H,18-32H2,(H,53,55)(H,54,56). The number of hydrogen-bond donors (Lipinski definition) is 4. The summed E-state index contributed by atoms with van der Waals surface area (Å²) in [4.78, 5) is 28.8. The molecule has 7 aromatic carbocycles. The van der Waals surface area contributed by atoms with Gasteiger partial charge in [-0.2, -0.15) is 48.8 Å². The lowest BCUT2D eigenvalue weighted by Gasteiger charge is -2.30. The van der Waals surface area contributed by atoms with Crippen LogP contribution in [-0.4, -0.2) is 124 Å². The fourth-order valence-corrected chi connectivity index (χ4v) is 11.6. The van der Waals surface area contributed by atoms with Crippen LogP contribution in [0.4, 0.5) is 5.69 Å². The van der Waals surface area contributed by atoms with Crippen molar-refractivity contribution in [3.05, 3.63) is 108 Å². The molecule has 1 saturated heterocycles. The average molecular weight is 965 g/mol. The molecule has 7 aromatic rings. The molecule has 5 unspecified atom stereocenters. The number of rotatable bonds is 12. The minimum absolute atomic E-state index is 0.144. The highest BCUT2D eigenvalue weighted by Gasteiger charge is 2.34. The van der Waals surface area contributed by atoms with Crippen molar-refractivity contribution in [2.75, 3.05) is 92.7 Å². The maximum Gasteiger partial charge on any atom is 0.256 e. The third-order valence-corrected chi connectivity index (χ3v) is 15.5. The van der Waals surface area contributed by atoms with Crippen molar-refractivity contribution in [2.24, 2.45) is 0 Å². The molecule has 9 rings (SSSR count). The van der Waals surface area contributed by atoms with E-state index in [4.69, 9.17) is 28.4 Å². The van der Waals surface area contributed by atoms with Gasteiger partial charge in [0.1, 0.15) is 12.2 Å². The van der Waals surface area contributed by atoms with E-state index in [1.165, 1.54) is 32.1 Å². The maximum atomic E-state index is 14.4. The highest BCUT2D eigenvalue weighted by atomic mass is 32.2. The molecule has 1 heterocycles. The Balaban J connectivity index is 0.891. The van der Waals surface area contributed by atoms with Crippen LogP contribution in [0, 0.1) is 0 Å². The Bertz CT molecular complexity index is 2780. The number of carbonyl (C=O) groups is 2. The molecule has 0 spiro atoms. The van der Waals surface area contributed by atoms with E-state index in [1.54, 1.807) is 23.5 Å². The summed E-state index contributed by atoms with van der Waals surface area (Å²) in [6.45, 7) is 1.67. The molecule has 2 N–H and O–H groups in total. The van der Waals surface area contributed by atoms with Crippen LogP contribution in [0.3, 0.4) is 0 Å². The summed E-state index contributed by atoms with van der Waals surface area (Å²) in [5.41, 5.74) is 1.81. The molecule has 1 fully saturated rings. The van der Waals surface area contributed by atoms with Gasteiger partial charge >= 0.3 is 0 Å². The smallest absolute Gasteiger partial charge is 0.256 e. The van der Waals surface area contributed by atoms with E-state index < -0.39 is 24.4 Å². The van der Waals surface area contributed by atoms with Gasteiger partial charge in [0.2, 0.25) is 0 Å². The van der Waals surface area contributed by atoms with Gasteiger partial charge in [0.25, 0.3) is 11.8 Å². The number of thioether (sulfide) groups is 2. The number of benzene rings is 7. The van der Waals surface area contributed by atoms with Gasteiger partial charge in [0.15, 0.2) is 12.2 Å². The fourth-order valence-electron chi connectivity index (χ4n) is 9.27. The third kappa shape index (κ3) is 10.7. The number of amides is 2. The van der Waals surface area contributed by atoms with Crippen molar-refractivity contribution in [1.29, 1.82) is 0 Å². The number of hydrogen-bond acceptors (Lipinski definition) is 12. The number of carbonyl (C=O) groups excluding carboxylic acids is 2. The first-order chi connectivity index (χ1) is 32.5. The van der Waals surface area contributed by atoms with Gasteiger partial charge < -0.3 is 39.1 Å². The van der Waals surface area contributed by atoms with Gasteiger partial charge in [-0.1, -0.05) is 97.1 Å². The minimum Gasteiger partial charge on any atom is -0.377 e. The van der Waals surface area contributed by atoms with E-state index in [1.807, 2.05) is 6.07 Å². The predicted molar refractivity (Wildman–Crippen MR) is 278 cm³/mol. The number of anilines is 1. The highest BCUT2D eigenvalue weighted by Crippen LogP contribution is 2.38. The Kier molecular flexibility index (Phi) is 16.5. The molecule has 2 aliphatic rings. The van der Waals surface area contributed by atoms with E-state index in [9.17, 15) is 9.59 Å². The quantitative estimate of drug-likeness (QED) is 0.0541. The number of nitrogens with one attached hydrogen (secondary N) is 2. The second-order valence-corrected chi connectivity index (χ2v) is 19.6. The van der Waals surface area contributed by atoms with Crippen LogP contribution in [0.2, 0.25) is 0 Å². The van der Waals surface area contributed by atoms with Crippen LogP contribution in [-0.2, 0) is 38.0 Å². The lowest BCUT2D eigenvalue weighted by Crippen LogP contribution is -2.48. The number of ether oxygens (including phenoxy) is 6. The maximum absolute atomic E-state index is 14.4. The van der Waals surface area contributed by atoms with Crippen LogP contribution in [0.15, 0.2) is 97.1 Å². The second-order valence-electron chi connectivity index (χ2n) is 16.4. The Labute approximate surface area is 404 Å². The largest absolute Gasteiger partial charge is 0.377 e. The molecule has 0 radical (unpaired) electrons. The molecule has 66 heavy (non-hydrogen) atoms. The molecule has 5 atom stereocenters. The zero-order chi connectivity index (χ0) is 45.2. The Morgan fingerprint density at radius 3 is 1.65 bits per heavy atom. The van der Waals surface area contributed by atoms with E-state index in [-0.39, 0.29) is 70.7 Å².